The summed E-state index contributed by atoms with van der Waals surface area (Å²) in [4.78, 5) is 37.9. The van der Waals surface area contributed by atoms with Gasteiger partial charge in [0.05, 0.1) is 23.4 Å². The molecule has 0 saturated carbocycles. The van der Waals surface area contributed by atoms with Crippen LogP contribution in [-0.2, 0) is 11.3 Å². The van der Waals surface area contributed by atoms with Crippen molar-refractivity contribution < 1.29 is 9.21 Å². The Kier molecular flexibility index (Phi) is 4.54. The van der Waals surface area contributed by atoms with E-state index in [1.807, 2.05) is 56.3 Å². The minimum atomic E-state index is -0.388. The van der Waals surface area contributed by atoms with E-state index in [0.717, 1.165) is 16.4 Å². The molecule has 0 bridgehead atoms. The molecule has 0 unspecified atom stereocenters. The van der Waals surface area contributed by atoms with Gasteiger partial charge in [0.2, 0.25) is 11.5 Å². The maximum atomic E-state index is 12.9. The van der Waals surface area contributed by atoms with Crippen molar-refractivity contribution in [2.45, 2.75) is 26.4 Å². The highest BCUT2D eigenvalue weighted by atomic mass is 16.3. The summed E-state index contributed by atoms with van der Waals surface area (Å²) in [6, 6.07) is 14.7. The third-order valence-electron chi connectivity index (χ3n) is 5.35. The predicted octanol–water partition coefficient (Wildman–Crippen LogP) is 3.53. The molecule has 1 amide bonds. The summed E-state index contributed by atoms with van der Waals surface area (Å²) >= 11 is 0. The zero-order chi connectivity index (χ0) is 21.5. The molecule has 3 heterocycles. The molecule has 5 aromatic rings. The summed E-state index contributed by atoms with van der Waals surface area (Å²) in [5.74, 6) is 0.471. The Morgan fingerprint density at radius 3 is 2.74 bits per heavy atom. The second kappa shape index (κ2) is 7.39. The number of benzene rings is 2. The molecule has 0 aliphatic heterocycles. The van der Waals surface area contributed by atoms with E-state index in [1.54, 1.807) is 6.07 Å². The fourth-order valence-corrected chi connectivity index (χ4v) is 3.77. The van der Waals surface area contributed by atoms with Crippen molar-refractivity contribution in [2.75, 3.05) is 0 Å². The molecule has 2 N–H and O–H groups in total. The molecule has 0 aliphatic carbocycles. The Morgan fingerprint density at radius 1 is 1.16 bits per heavy atom. The molecule has 5 rings (SSSR count). The van der Waals surface area contributed by atoms with Crippen molar-refractivity contribution in [1.82, 2.24) is 24.8 Å². The van der Waals surface area contributed by atoms with Crippen LogP contribution in [0.15, 0.2) is 64.1 Å². The standard InChI is InChI=1S/C23H21N5O3/c1-13(2)19(22-25-15-8-4-5-9-16(15)26-22)27-18(29)11-28-12-24-20-14-7-3-6-10-17(14)31-21(20)23(28)30/h3-10,12-13,19H,11H2,1-2H3,(H,25,26)(H,27,29)/t19-/m0/s1. The normalized spacial score (nSPS) is 12.7. The fourth-order valence-electron chi connectivity index (χ4n) is 3.77. The number of furan rings is 1. The summed E-state index contributed by atoms with van der Waals surface area (Å²) in [6.07, 6.45) is 1.39. The van der Waals surface area contributed by atoms with Crippen LogP contribution < -0.4 is 10.9 Å². The lowest BCUT2D eigenvalue weighted by Gasteiger charge is -2.20. The van der Waals surface area contributed by atoms with E-state index >= 15 is 0 Å². The Labute approximate surface area is 176 Å². The Morgan fingerprint density at radius 2 is 1.94 bits per heavy atom. The predicted molar refractivity (Wildman–Crippen MR) is 118 cm³/mol. The molecule has 0 saturated heterocycles. The monoisotopic (exact) mass is 415 g/mol. The molecule has 8 heteroatoms. The lowest BCUT2D eigenvalue weighted by atomic mass is 10.0. The van der Waals surface area contributed by atoms with Crippen LogP contribution in [0.2, 0.25) is 0 Å². The minimum absolute atomic E-state index is 0.0946. The topological polar surface area (TPSA) is 106 Å². The Bertz CT molecular complexity index is 1440. The van der Waals surface area contributed by atoms with Crippen molar-refractivity contribution in [1.29, 1.82) is 0 Å². The molecular weight excluding hydrogens is 394 g/mol. The molecule has 0 spiro atoms. The quantitative estimate of drug-likeness (QED) is 0.457. The highest BCUT2D eigenvalue weighted by Gasteiger charge is 2.22. The van der Waals surface area contributed by atoms with Gasteiger partial charge in [-0.15, -0.1) is 0 Å². The minimum Gasteiger partial charge on any atom is -0.448 e. The van der Waals surface area contributed by atoms with Gasteiger partial charge in [-0.25, -0.2) is 9.97 Å². The average molecular weight is 415 g/mol. The summed E-state index contributed by atoms with van der Waals surface area (Å²) in [7, 11) is 0. The average Bonchev–Trinajstić information content (AvgIpc) is 3.35. The molecule has 3 aromatic heterocycles. The second-order valence-corrected chi connectivity index (χ2v) is 7.88. The molecule has 0 radical (unpaired) electrons. The number of carbonyl (C=O) groups is 1. The van der Waals surface area contributed by atoms with Crippen molar-refractivity contribution >= 4 is 39.0 Å². The van der Waals surface area contributed by atoms with Crippen LogP contribution in [-0.4, -0.2) is 25.4 Å². The van der Waals surface area contributed by atoms with E-state index in [0.29, 0.717) is 16.9 Å². The molecule has 1 atom stereocenters. The van der Waals surface area contributed by atoms with Crippen LogP contribution in [0, 0.1) is 5.92 Å². The van der Waals surface area contributed by atoms with E-state index in [2.05, 4.69) is 20.3 Å². The number of imidazole rings is 1. The van der Waals surface area contributed by atoms with Crippen LogP contribution in [0.4, 0.5) is 0 Å². The first kappa shape index (κ1) is 19.0. The zero-order valence-corrected chi connectivity index (χ0v) is 17.1. The maximum Gasteiger partial charge on any atom is 0.297 e. The van der Waals surface area contributed by atoms with Crippen LogP contribution in [0.25, 0.3) is 33.1 Å². The van der Waals surface area contributed by atoms with Gasteiger partial charge in [0.25, 0.3) is 5.56 Å². The Hall–Kier alpha value is -3.94. The summed E-state index contributed by atoms with van der Waals surface area (Å²) in [6.45, 7) is 3.85. The summed E-state index contributed by atoms with van der Waals surface area (Å²) < 4.78 is 6.95. The smallest absolute Gasteiger partial charge is 0.297 e. The van der Waals surface area contributed by atoms with Gasteiger partial charge in [0, 0.05) is 5.39 Å². The van der Waals surface area contributed by atoms with Crippen LogP contribution in [0.5, 0.6) is 0 Å². The van der Waals surface area contributed by atoms with Crippen LogP contribution in [0.1, 0.15) is 25.7 Å². The number of amides is 1. The van der Waals surface area contributed by atoms with E-state index in [-0.39, 0.29) is 35.6 Å². The number of nitrogens with zero attached hydrogens (tertiary/aromatic N) is 3. The summed E-state index contributed by atoms with van der Waals surface area (Å²) in [5.41, 5.74) is 2.60. The zero-order valence-electron chi connectivity index (χ0n) is 17.1. The molecule has 31 heavy (non-hydrogen) atoms. The number of carbonyl (C=O) groups excluding carboxylic acids is 1. The number of aromatic nitrogens is 4. The number of para-hydroxylation sites is 3. The van der Waals surface area contributed by atoms with Crippen LogP contribution >= 0.6 is 0 Å². The number of hydrogen-bond acceptors (Lipinski definition) is 5. The lowest BCUT2D eigenvalue weighted by molar-refractivity contribution is -0.122. The Balaban J connectivity index is 1.42. The molecule has 0 aliphatic rings. The van der Waals surface area contributed by atoms with Crippen LogP contribution in [0.3, 0.4) is 0 Å². The molecule has 156 valence electrons. The van der Waals surface area contributed by atoms with E-state index < -0.39 is 0 Å². The molecular formula is C23H21N5O3. The van der Waals surface area contributed by atoms with Gasteiger partial charge >= 0.3 is 0 Å². The van der Waals surface area contributed by atoms with E-state index in [4.69, 9.17) is 4.42 Å². The number of rotatable bonds is 5. The number of fused-ring (bicyclic) bond motifs is 4. The van der Waals surface area contributed by atoms with Gasteiger partial charge in [-0.05, 0) is 30.2 Å². The van der Waals surface area contributed by atoms with Crippen molar-refractivity contribution in [2.24, 2.45) is 5.92 Å². The summed E-state index contributed by atoms with van der Waals surface area (Å²) in [5, 5.41) is 3.77. The van der Waals surface area contributed by atoms with E-state index in [9.17, 15) is 9.59 Å². The number of hydrogen-bond donors (Lipinski definition) is 2. The third kappa shape index (κ3) is 3.35. The number of H-pyrrole nitrogens is 1. The number of aromatic amines is 1. The fraction of sp³-hybridized carbons (Fsp3) is 0.217. The number of nitrogens with one attached hydrogen (secondary N) is 2. The van der Waals surface area contributed by atoms with Gasteiger partial charge < -0.3 is 14.7 Å². The first-order valence-corrected chi connectivity index (χ1v) is 10.1. The second-order valence-electron chi connectivity index (χ2n) is 7.88. The highest BCUT2D eigenvalue weighted by Crippen LogP contribution is 2.24. The van der Waals surface area contributed by atoms with E-state index in [1.165, 1.54) is 10.9 Å². The lowest BCUT2D eigenvalue weighted by Crippen LogP contribution is -2.37. The highest BCUT2D eigenvalue weighted by molar-refractivity contribution is 6.01. The SMILES string of the molecule is CC(C)[C@H](NC(=O)Cn1cnc2c(oc3ccccc32)c1=O)c1nc2ccccc2[nH]1. The van der Waals surface area contributed by atoms with Crippen molar-refractivity contribution in [3.8, 4) is 0 Å². The van der Waals surface area contributed by atoms with Gasteiger partial charge in [0.15, 0.2) is 0 Å². The molecule has 8 nitrogen and oxygen atoms in total. The maximum absolute atomic E-state index is 12.9. The molecule has 2 aromatic carbocycles. The first-order chi connectivity index (χ1) is 15.0. The van der Waals surface area contributed by atoms with Crippen molar-refractivity contribution in [3.63, 3.8) is 0 Å². The van der Waals surface area contributed by atoms with Crippen molar-refractivity contribution in [3.05, 3.63) is 71.0 Å². The van der Waals surface area contributed by atoms with Gasteiger partial charge in [-0.2, -0.15) is 0 Å². The van der Waals surface area contributed by atoms with Gasteiger partial charge in [0.1, 0.15) is 23.5 Å². The van der Waals surface area contributed by atoms with Gasteiger partial charge in [-0.1, -0.05) is 38.1 Å². The third-order valence-corrected chi connectivity index (χ3v) is 5.35. The largest absolute Gasteiger partial charge is 0.448 e. The van der Waals surface area contributed by atoms with Gasteiger partial charge in [-0.3, -0.25) is 14.2 Å². The molecule has 0 fully saturated rings. The first-order valence-electron chi connectivity index (χ1n) is 10.1.